The lowest BCUT2D eigenvalue weighted by molar-refractivity contribution is 0.0741. The van der Waals surface area contributed by atoms with Crippen LogP contribution in [0.25, 0.3) is 5.69 Å². The molecule has 2 aromatic carbocycles. The first-order valence-electron chi connectivity index (χ1n) is 8.48. The maximum atomic E-state index is 13.0. The topological polar surface area (TPSA) is 54.3 Å². The summed E-state index contributed by atoms with van der Waals surface area (Å²) in [7, 11) is 0. The van der Waals surface area contributed by atoms with E-state index < -0.39 is 0 Å². The molecule has 26 heavy (non-hydrogen) atoms. The minimum Gasteiger partial charge on any atom is -0.368 e. The number of nitrogens with zero attached hydrogens (tertiary/aromatic N) is 5. The summed E-state index contributed by atoms with van der Waals surface area (Å²) in [4.78, 5) is 16.7. The van der Waals surface area contributed by atoms with Gasteiger partial charge in [0.05, 0.1) is 11.9 Å². The summed E-state index contributed by atoms with van der Waals surface area (Å²) < 4.78 is 14.5. The Kier molecular flexibility index (Phi) is 4.35. The number of piperazine rings is 1. The van der Waals surface area contributed by atoms with Crippen molar-refractivity contribution in [2.75, 3.05) is 31.1 Å². The normalized spacial score (nSPS) is 14.5. The number of carbonyl (C=O) groups is 1. The molecule has 1 aliphatic rings. The van der Waals surface area contributed by atoms with Crippen molar-refractivity contribution in [3.63, 3.8) is 0 Å². The molecule has 1 aliphatic heterocycles. The molecule has 4 rings (SSSR count). The van der Waals surface area contributed by atoms with Gasteiger partial charge in [-0.05, 0) is 36.4 Å². The first-order chi connectivity index (χ1) is 12.7. The van der Waals surface area contributed by atoms with Crippen LogP contribution in [0.15, 0.2) is 60.8 Å². The van der Waals surface area contributed by atoms with E-state index in [0.29, 0.717) is 24.5 Å². The summed E-state index contributed by atoms with van der Waals surface area (Å²) in [5, 5.41) is 7.96. The lowest BCUT2D eigenvalue weighted by atomic mass is 10.2. The minimum atomic E-state index is -0.318. The van der Waals surface area contributed by atoms with Gasteiger partial charge in [0.25, 0.3) is 5.91 Å². The van der Waals surface area contributed by atoms with Gasteiger partial charge in [-0.2, -0.15) is 0 Å². The lowest BCUT2D eigenvalue weighted by Crippen LogP contribution is -2.48. The van der Waals surface area contributed by atoms with Crippen LogP contribution in [0.2, 0.25) is 0 Å². The zero-order valence-electron chi connectivity index (χ0n) is 14.1. The Balaban J connectivity index is 1.42. The van der Waals surface area contributed by atoms with Gasteiger partial charge < -0.3 is 9.80 Å². The molecule has 0 radical (unpaired) electrons. The molecule has 0 bridgehead atoms. The first-order valence-corrected chi connectivity index (χ1v) is 8.48. The number of halogens is 1. The van der Waals surface area contributed by atoms with Crippen LogP contribution in [0.3, 0.4) is 0 Å². The van der Waals surface area contributed by atoms with Crippen LogP contribution in [-0.4, -0.2) is 52.0 Å². The molecule has 1 amide bonds. The van der Waals surface area contributed by atoms with Crippen LogP contribution in [0.5, 0.6) is 0 Å². The van der Waals surface area contributed by atoms with Crippen LogP contribution in [0.4, 0.5) is 10.1 Å². The van der Waals surface area contributed by atoms with E-state index in [2.05, 4.69) is 27.3 Å². The number of benzene rings is 2. The van der Waals surface area contributed by atoms with E-state index in [0.717, 1.165) is 13.1 Å². The summed E-state index contributed by atoms with van der Waals surface area (Å²) in [6, 6.07) is 16.1. The summed E-state index contributed by atoms with van der Waals surface area (Å²) in [6.07, 6.45) is 1.58. The molecule has 0 atom stereocenters. The molecule has 0 unspecified atom stereocenters. The Morgan fingerprint density at radius 1 is 0.885 bits per heavy atom. The van der Waals surface area contributed by atoms with Crippen LogP contribution < -0.4 is 4.90 Å². The van der Waals surface area contributed by atoms with E-state index in [9.17, 15) is 9.18 Å². The Morgan fingerprint density at radius 2 is 1.58 bits per heavy atom. The van der Waals surface area contributed by atoms with Crippen LogP contribution in [0.1, 0.15) is 10.5 Å². The quantitative estimate of drug-likeness (QED) is 0.727. The molecule has 0 saturated carbocycles. The predicted octanol–water partition coefficient (Wildman–Crippen LogP) is 2.37. The van der Waals surface area contributed by atoms with E-state index in [1.165, 1.54) is 22.5 Å². The molecule has 6 nitrogen and oxygen atoms in total. The number of hydrogen-bond acceptors (Lipinski definition) is 4. The van der Waals surface area contributed by atoms with Crippen molar-refractivity contribution in [2.45, 2.75) is 0 Å². The summed E-state index contributed by atoms with van der Waals surface area (Å²) >= 11 is 0. The van der Waals surface area contributed by atoms with E-state index >= 15 is 0 Å². The second kappa shape index (κ2) is 6.95. The third-order valence-electron chi connectivity index (χ3n) is 4.49. The number of anilines is 1. The van der Waals surface area contributed by atoms with Gasteiger partial charge in [-0.25, -0.2) is 9.07 Å². The van der Waals surface area contributed by atoms with Crippen molar-refractivity contribution in [3.05, 3.63) is 72.3 Å². The van der Waals surface area contributed by atoms with E-state index in [4.69, 9.17) is 0 Å². The zero-order chi connectivity index (χ0) is 17.9. The molecular formula is C19H18FN5O. The summed E-state index contributed by atoms with van der Waals surface area (Å²) in [5.41, 5.74) is 2.12. The number of hydrogen-bond donors (Lipinski definition) is 0. The Bertz CT molecular complexity index is 886. The van der Waals surface area contributed by atoms with Crippen molar-refractivity contribution < 1.29 is 9.18 Å². The van der Waals surface area contributed by atoms with Crippen molar-refractivity contribution >= 4 is 11.6 Å². The zero-order valence-corrected chi connectivity index (χ0v) is 14.1. The van der Waals surface area contributed by atoms with Crippen molar-refractivity contribution in [1.29, 1.82) is 0 Å². The van der Waals surface area contributed by atoms with E-state index in [-0.39, 0.29) is 11.7 Å². The SMILES string of the molecule is O=C(c1cn(-c2ccc(F)cc2)nn1)N1CCN(c2ccccc2)CC1. The maximum Gasteiger partial charge on any atom is 0.276 e. The number of aromatic nitrogens is 3. The Morgan fingerprint density at radius 3 is 2.27 bits per heavy atom. The van der Waals surface area contributed by atoms with Gasteiger partial charge in [0.2, 0.25) is 0 Å². The Hall–Kier alpha value is -3.22. The lowest BCUT2D eigenvalue weighted by Gasteiger charge is -2.35. The molecule has 132 valence electrons. The monoisotopic (exact) mass is 351 g/mol. The van der Waals surface area contributed by atoms with Gasteiger partial charge in [0.15, 0.2) is 5.69 Å². The average Bonchev–Trinajstić information content (AvgIpc) is 3.19. The smallest absolute Gasteiger partial charge is 0.276 e. The maximum absolute atomic E-state index is 13.0. The fourth-order valence-corrected chi connectivity index (χ4v) is 3.05. The van der Waals surface area contributed by atoms with Crippen molar-refractivity contribution in [2.24, 2.45) is 0 Å². The molecule has 3 aromatic rings. The minimum absolute atomic E-state index is 0.133. The summed E-state index contributed by atoms with van der Waals surface area (Å²) in [6.45, 7) is 2.83. The van der Waals surface area contributed by atoms with Crippen LogP contribution in [-0.2, 0) is 0 Å². The molecule has 0 aliphatic carbocycles. The second-order valence-corrected chi connectivity index (χ2v) is 6.14. The van der Waals surface area contributed by atoms with Crippen molar-refractivity contribution in [1.82, 2.24) is 19.9 Å². The highest BCUT2D eigenvalue weighted by atomic mass is 19.1. The second-order valence-electron chi connectivity index (χ2n) is 6.14. The van der Waals surface area contributed by atoms with Crippen molar-refractivity contribution in [3.8, 4) is 5.69 Å². The fraction of sp³-hybridized carbons (Fsp3) is 0.211. The van der Waals surface area contributed by atoms with Gasteiger partial charge in [0, 0.05) is 31.9 Å². The van der Waals surface area contributed by atoms with Gasteiger partial charge in [-0.3, -0.25) is 4.79 Å². The molecule has 2 heterocycles. The van der Waals surface area contributed by atoms with Gasteiger partial charge in [0.1, 0.15) is 5.82 Å². The largest absolute Gasteiger partial charge is 0.368 e. The standard InChI is InChI=1S/C19H18FN5O/c20-15-6-8-17(9-7-15)25-14-18(21-22-25)19(26)24-12-10-23(11-13-24)16-4-2-1-3-5-16/h1-9,14H,10-13H2. The third kappa shape index (κ3) is 3.28. The molecule has 0 spiro atoms. The van der Waals surface area contributed by atoms with Gasteiger partial charge >= 0.3 is 0 Å². The molecule has 1 saturated heterocycles. The van der Waals surface area contributed by atoms with E-state index in [1.807, 2.05) is 18.2 Å². The average molecular weight is 351 g/mol. The first kappa shape index (κ1) is 16.3. The van der Waals surface area contributed by atoms with Gasteiger partial charge in [-0.15, -0.1) is 5.10 Å². The highest BCUT2D eigenvalue weighted by Gasteiger charge is 2.24. The third-order valence-corrected chi connectivity index (χ3v) is 4.49. The molecular weight excluding hydrogens is 333 g/mol. The molecule has 7 heteroatoms. The highest BCUT2D eigenvalue weighted by Crippen LogP contribution is 2.17. The highest BCUT2D eigenvalue weighted by molar-refractivity contribution is 5.92. The Labute approximate surface area is 150 Å². The molecule has 0 N–H and O–H groups in total. The van der Waals surface area contributed by atoms with Crippen LogP contribution in [0, 0.1) is 5.82 Å². The van der Waals surface area contributed by atoms with Crippen LogP contribution >= 0.6 is 0 Å². The number of amides is 1. The number of carbonyl (C=O) groups excluding carboxylic acids is 1. The van der Waals surface area contributed by atoms with Gasteiger partial charge in [-0.1, -0.05) is 23.4 Å². The molecule has 1 fully saturated rings. The predicted molar refractivity (Wildman–Crippen MR) is 95.9 cm³/mol. The summed E-state index contributed by atoms with van der Waals surface area (Å²) in [5.74, 6) is -0.451. The molecule has 1 aromatic heterocycles. The number of rotatable bonds is 3. The number of para-hydroxylation sites is 1. The van der Waals surface area contributed by atoms with E-state index in [1.54, 1.807) is 23.2 Å². The fourth-order valence-electron chi connectivity index (χ4n) is 3.05.